The third-order valence-electron chi connectivity index (χ3n) is 5.79. The van der Waals surface area contributed by atoms with Gasteiger partial charge in [-0.25, -0.2) is 4.79 Å². The zero-order chi connectivity index (χ0) is 26.3. The van der Waals surface area contributed by atoms with E-state index in [4.69, 9.17) is 14.2 Å². The summed E-state index contributed by atoms with van der Waals surface area (Å²) in [6.45, 7) is 0. The van der Waals surface area contributed by atoms with Crippen LogP contribution < -0.4 is 9.47 Å². The van der Waals surface area contributed by atoms with Gasteiger partial charge in [-0.05, 0) is 53.7 Å². The van der Waals surface area contributed by atoms with Gasteiger partial charge in [0.25, 0.3) is 0 Å². The van der Waals surface area contributed by atoms with Crippen molar-refractivity contribution in [1.29, 1.82) is 0 Å². The van der Waals surface area contributed by atoms with Gasteiger partial charge in [-0.3, -0.25) is 0 Å². The highest BCUT2D eigenvalue weighted by molar-refractivity contribution is 6.05. The summed E-state index contributed by atoms with van der Waals surface area (Å²) in [5.74, 6) is 0.767. The average Bonchev–Trinajstić information content (AvgIpc) is 3.41. The van der Waals surface area contributed by atoms with Crippen LogP contribution in [0.15, 0.2) is 114 Å². The van der Waals surface area contributed by atoms with Crippen LogP contribution in [0.4, 0.5) is 0 Å². The number of carbonyl (C=O) groups is 1. The van der Waals surface area contributed by atoms with Gasteiger partial charge < -0.3 is 14.2 Å². The number of hydrogen-bond acceptors (Lipinski definition) is 7. The van der Waals surface area contributed by atoms with Crippen LogP contribution in [0.3, 0.4) is 0 Å². The van der Waals surface area contributed by atoms with Crippen molar-refractivity contribution in [2.45, 2.75) is 0 Å². The lowest BCUT2D eigenvalue weighted by atomic mass is 10.1. The Morgan fingerprint density at radius 3 is 1.76 bits per heavy atom. The number of rotatable bonds is 7. The molecule has 0 aliphatic rings. The Morgan fingerprint density at radius 2 is 1.21 bits per heavy atom. The summed E-state index contributed by atoms with van der Waals surface area (Å²) in [6, 6.07) is 33.1. The van der Waals surface area contributed by atoms with Crippen molar-refractivity contribution >= 4 is 11.9 Å². The van der Waals surface area contributed by atoms with Crippen molar-refractivity contribution in [3.63, 3.8) is 0 Å². The number of hydrogen-bond donors (Lipinski definition) is 0. The fourth-order valence-electron chi connectivity index (χ4n) is 3.81. The van der Waals surface area contributed by atoms with Gasteiger partial charge >= 0.3 is 5.97 Å². The first kappa shape index (κ1) is 24.5. The maximum atomic E-state index is 13.1. The summed E-state index contributed by atoms with van der Waals surface area (Å²) >= 11 is 0. The molecule has 8 heteroatoms. The quantitative estimate of drug-likeness (QED) is 0.161. The number of benzene rings is 4. The van der Waals surface area contributed by atoms with Crippen molar-refractivity contribution in [3.8, 4) is 34.0 Å². The van der Waals surface area contributed by atoms with E-state index in [-0.39, 0.29) is 5.90 Å². The van der Waals surface area contributed by atoms with Gasteiger partial charge in [0.2, 0.25) is 5.90 Å². The molecular weight excluding hydrogens is 480 g/mol. The van der Waals surface area contributed by atoms with E-state index in [0.29, 0.717) is 34.0 Å². The van der Waals surface area contributed by atoms with Gasteiger partial charge in [0.05, 0.1) is 19.8 Å². The summed E-state index contributed by atoms with van der Waals surface area (Å²) in [5, 5.41) is 13.4. The highest BCUT2D eigenvalue weighted by atomic mass is 16.5. The second kappa shape index (κ2) is 11.2. The van der Waals surface area contributed by atoms with E-state index in [1.165, 1.54) is 4.79 Å². The summed E-state index contributed by atoms with van der Waals surface area (Å²) in [6.07, 6.45) is 0. The van der Waals surface area contributed by atoms with E-state index in [1.54, 1.807) is 62.8 Å². The smallest absolute Gasteiger partial charge is 0.344 e. The Bertz CT molecular complexity index is 1550. The summed E-state index contributed by atoms with van der Waals surface area (Å²) in [7, 11) is 3.15. The monoisotopic (exact) mass is 504 g/mol. The average molecular weight is 505 g/mol. The summed E-state index contributed by atoms with van der Waals surface area (Å²) < 4.78 is 16.3. The van der Waals surface area contributed by atoms with Crippen LogP contribution in [0, 0.1) is 0 Å². The van der Waals surface area contributed by atoms with Gasteiger partial charge in [0, 0.05) is 16.7 Å². The first-order valence-electron chi connectivity index (χ1n) is 11.8. The molecule has 0 unspecified atom stereocenters. The van der Waals surface area contributed by atoms with Crippen LogP contribution in [-0.2, 0) is 4.74 Å². The predicted molar refractivity (Wildman–Crippen MR) is 144 cm³/mol. The zero-order valence-corrected chi connectivity index (χ0v) is 20.8. The minimum atomic E-state index is -0.577. The number of nitrogens with zero attached hydrogens (tertiary/aromatic N) is 4. The molecule has 4 aromatic carbocycles. The first-order chi connectivity index (χ1) is 18.7. The maximum Gasteiger partial charge on any atom is 0.344 e. The van der Waals surface area contributed by atoms with E-state index in [1.807, 2.05) is 60.7 Å². The predicted octanol–water partition coefficient (Wildman–Crippen LogP) is 5.70. The Balaban J connectivity index is 1.61. The van der Waals surface area contributed by atoms with Gasteiger partial charge in [-0.1, -0.05) is 60.7 Å². The summed E-state index contributed by atoms with van der Waals surface area (Å²) in [4.78, 5) is 14.5. The molecule has 0 aliphatic heterocycles. The second-order valence-electron chi connectivity index (χ2n) is 8.16. The topological polar surface area (TPSA) is 87.8 Å². The minimum absolute atomic E-state index is 0.0511. The molecule has 0 spiro atoms. The molecule has 0 aliphatic carbocycles. The molecule has 0 fully saturated rings. The SMILES string of the molecule is COc1ccc(C(=O)OC(=Nn2nnc(-c3ccccc3)c2-c2ccccc2)c2ccc(OC)cc2)cc1. The third kappa shape index (κ3) is 5.29. The first-order valence-corrected chi connectivity index (χ1v) is 11.8. The van der Waals surface area contributed by atoms with Crippen LogP contribution >= 0.6 is 0 Å². The summed E-state index contributed by atoms with van der Waals surface area (Å²) in [5.41, 5.74) is 3.95. The van der Waals surface area contributed by atoms with Crippen molar-refractivity contribution in [2.24, 2.45) is 5.10 Å². The Hall–Kier alpha value is -5.24. The number of carbonyl (C=O) groups excluding carboxylic acids is 1. The van der Waals surface area contributed by atoms with Crippen molar-refractivity contribution < 1.29 is 19.0 Å². The minimum Gasteiger partial charge on any atom is -0.497 e. The highest BCUT2D eigenvalue weighted by Gasteiger charge is 2.20. The molecule has 0 radical (unpaired) electrons. The van der Waals surface area contributed by atoms with Gasteiger partial charge in [-0.2, -0.15) is 0 Å². The molecule has 1 aromatic heterocycles. The van der Waals surface area contributed by atoms with E-state index < -0.39 is 5.97 Å². The molecular formula is C30H24N4O4. The molecule has 0 bridgehead atoms. The zero-order valence-electron chi connectivity index (χ0n) is 20.8. The lowest BCUT2D eigenvalue weighted by molar-refractivity contribution is 0.0716. The van der Waals surface area contributed by atoms with Gasteiger partial charge in [0.15, 0.2) is 0 Å². The highest BCUT2D eigenvalue weighted by Crippen LogP contribution is 2.30. The van der Waals surface area contributed by atoms with Crippen LogP contribution in [0.25, 0.3) is 22.5 Å². The lowest BCUT2D eigenvalue weighted by Gasteiger charge is -2.10. The van der Waals surface area contributed by atoms with E-state index in [2.05, 4.69) is 15.4 Å². The maximum absolute atomic E-state index is 13.1. The fourth-order valence-corrected chi connectivity index (χ4v) is 3.81. The molecule has 188 valence electrons. The van der Waals surface area contributed by atoms with Crippen LogP contribution in [0.5, 0.6) is 11.5 Å². The van der Waals surface area contributed by atoms with Crippen molar-refractivity contribution in [1.82, 2.24) is 15.1 Å². The van der Waals surface area contributed by atoms with Crippen molar-refractivity contribution in [3.05, 3.63) is 120 Å². The molecule has 1 heterocycles. The van der Waals surface area contributed by atoms with Gasteiger partial charge in [0.1, 0.15) is 22.9 Å². The van der Waals surface area contributed by atoms with E-state index in [9.17, 15) is 4.79 Å². The standard InChI is InChI=1S/C30H24N4O4/c1-36-25-17-13-23(14-18-25)29(38-30(35)24-15-19-26(37-2)20-16-24)32-34-28(22-11-7-4-8-12-22)27(31-33-34)21-9-5-3-6-10-21/h3-20H,1-2H3. The molecule has 0 saturated heterocycles. The number of methoxy groups -OCH3 is 2. The Kier molecular flexibility index (Phi) is 7.22. The Morgan fingerprint density at radius 1 is 0.684 bits per heavy atom. The van der Waals surface area contributed by atoms with Gasteiger partial charge in [-0.15, -0.1) is 15.0 Å². The molecule has 0 saturated carbocycles. The fraction of sp³-hybridized carbons (Fsp3) is 0.0667. The molecule has 0 atom stereocenters. The number of esters is 1. The van der Waals surface area contributed by atoms with Crippen LogP contribution in [0.2, 0.25) is 0 Å². The number of aromatic nitrogens is 3. The van der Waals surface area contributed by atoms with Crippen molar-refractivity contribution in [2.75, 3.05) is 14.2 Å². The molecule has 5 aromatic rings. The molecule has 0 amide bonds. The molecule has 0 N–H and O–H groups in total. The van der Waals surface area contributed by atoms with E-state index in [0.717, 1.165) is 11.1 Å². The third-order valence-corrected chi connectivity index (χ3v) is 5.79. The molecule has 5 rings (SSSR count). The largest absolute Gasteiger partial charge is 0.497 e. The normalized spacial score (nSPS) is 11.2. The van der Waals surface area contributed by atoms with Crippen LogP contribution in [-0.4, -0.2) is 41.2 Å². The second-order valence-corrected chi connectivity index (χ2v) is 8.16. The molecule has 8 nitrogen and oxygen atoms in total. The van der Waals surface area contributed by atoms with Crippen LogP contribution in [0.1, 0.15) is 15.9 Å². The lowest BCUT2D eigenvalue weighted by Crippen LogP contribution is -2.16. The number of ether oxygens (including phenoxy) is 3. The molecule has 38 heavy (non-hydrogen) atoms. The Labute approximate surface area is 219 Å². The van der Waals surface area contributed by atoms with E-state index >= 15 is 0 Å².